The Bertz CT molecular complexity index is 254. The zero-order valence-corrected chi connectivity index (χ0v) is 8.98. The minimum Gasteiger partial charge on any atom is -0.481 e. The molecule has 3 heteroatoms. The molecule has 2 N–H and O–H groups in total. The monoisotopic (exact) mass is 209 g/mol. The van der Waals surface area contributed by atoms with Crippen molar-refractivity contribution >= 4 is 5.97 Å². The van der Waals surface area contributed by atoms with Gasteiger partial charge < -0.3 is 10.4 Å². The molecular weight excluding hydrogens is 190 g/mol. The molecule has 0 aromatic heterocycles. The number of aliphatic carboxylic acids is 1. The largest absolute Gasteiger partial charge is 0.481 e. The van der Waals surface area contributed by atoms with E-state index in [1.807, 2.05) is 0 Å². The van der Waals surface area contributed by atoms with Gasteiger partial charge in [-0.1, -0.05) is 18.6 Å². The maximum absolute atomic E-state index is 10.9. The van der Waals surface area contributed by atoms with Crippen LogP contribution in [0, 0.1) is 5.92 Å². The van der Waals surface area contributed by atoms with E-state index < -0.39 is 5.97 Å². The third-order valence-corrected chi connectivity index (χ3v) is 3.50. The molecular formula is C12H19NO2. The van der Waals surface area contributed by atoms with Crippen molar-refractivity contribution in [1.82, 2.24) is 5.32 Å². The Kier molecular flexibility index (Phi) is 3.41. The van der Waals surface area contributed by atoms with Gasteiger partial charge in [0.1, 0.15) is 0 Å². The van der Waals surface area contributed by atoms with Crippen molar-refractivity contribution in [3.05, 3.63) is 12.2 Å². The molecule has 2 rings (SSSR count). The van der Waals surface area contributed by atoms with E-state index in [2.05, 4.69) is 17.5 Å². The van der Waals surface area contributed by atoms with Crippen LogP contribution in [0.25, 0.3) is 0 Å². The average Bonchev–Trinajstić information content (AvgIpc) is 2.71. The van der Waals surface area contributed by atoms with E-state index in [1.165, 1.54) is 0 Å². The number of carbonyl (C=O) groups is 1. The SMILES string of the molecule is O=C(O)C1CCCC(NC2CC=CC2)C1. The van der Waals surface area contributed by atoms with Crippen LogP contribution in [0.5, 0.6) is 0 Å². The number of hydrogen-bond donors (Lipinski definition) is 2. The van der Waals surface area contributed by atoms with Crippen LogP contribution in [0.2, 0.25) is 0 Å². The van der Waals surface area contributed by atoms with Crippen LogP contribution >= 0.6 is 0 Å². The molecule has 0 bridgehead atoms. The summed E-state index contributed by atoms with van der Waals surface area (Å²) in [5.74, 6) is -0.739. The van der Waals surface area contributed by atoms with Gasteiger partial charge in [-0.2, -0.15) is 0 Å². The van der Waals surface area contributed by atoms with Crippen molar-refractivity contribution in [3.8, 4) is 0 Å². The molecule has 0 aromatic carbocycles. The second-order valence-corrected chi connectivity index (χ2v) is 4.71. The van der Waals surface area contributed by atoms with Crippen molar-refractivity contribution in [2.75, 3.05) is 0 Å². The summed E-state index contributed by atoms with van der Waals surface area (Å²) >= 11 is 0. The Balaban J connectivity index is 1.79. The number of hydrogen-bond acceptors (Lipinski definition) is 2. The Morgan fingerprint density at radius 2 is 1.93 bits per heavy atom. The van der Waals surface area contributed by atoms with E-state index in [0.717, 1.165) is 38.5 Å². The van der Waals surface area contributed by atoms with E-state index in [-0.39, 0.29) is 5.92 Å². The molecule has 2 atom stereocenters. The molecule has 0 saturated heterocycles. The van der Waals surface area contributed by atoms with E-state index >= 15 is 0 Å². The normalized spacial score (nSPS) is 32.0. The second-order valence-electron chi connectivity index (χ2n) is 4.71. The number of carboxylic acids is 1. The van der Waals surface area contributed by atoms with Gasteiger partial charge in [0.15, 0.2) is 0 Å². The lowest BCUT2D eigenvalue weighted by Gasteiger charge is -2.29. The zero-order chi connectivity index (χ0) is 10.7. The van der Waals surface area contributed by atoms with E-state index in [1.54, 1.807) is 0 Å². The van der Waals surface area contributed by atoms with Crippen molar-refractivity contribution in [2.45, 2.75) is 50.6 Å². The highest BCUT2D eigenvalue weighted by Gasteiger charge is 2.28. The molecule has 0 heterocycles. The quantitative estimate of drug-likeness (QED) is 0.698. The molecule has 0 spiro atoms. The maximum Gasteiger partial charge on any atom is 0.306 e. The minimum atomic E-state index is -0.619. The molecule has 1 saturated carbocycles. The predicted octanol–water partition coefficient (Wildman–Crippen LogP) is 1.94. The van der Waals surface area contributed by atoms with Gasteiger partial charge in [-0.25, -0.2) is 0 Å². The molecule has 2 aliphatic rings. The summed E-state index contributed by atoms with van der Waals surface area (Å²) in [7, 11) is 0. The summed E-state index contributed by atoms with van der Waals surface area (Å²) in [4.78, 5) is 10.9. The molecule has 1 fully saturated rings. The smallest absolute Gasteiger partial charge is 0.306 e. The van der Waals surface area contributed by atoms with Crippen LogP contribution in [0.4, 0.5) is 0 Å². The summed E-state index contributed by atoms with van der Waals surface area (Å²) in [6, 6.07) is 0.979. The van der Waals surface area contributed by atoms with Crippen LogP contribution in [0.1, 0.15) is 38.5 Å². The molecule has 84 valence electrons. The van der Waals surface area contributed by atoms with Gasteiger partial charge in [-0.15, -0.1) is 0 Å². The van der Waals surface area contributed by atoms with Crippen LogP contribution in [-0.2, 0) is 4.79 Å². The van der Waals surface area contributed by atoms with Gasteiger partial charge in [-0.3, -0.25) is 4.79 Å². The molecule has 3 nitrogen and oxygen atoms in total. The van der Waals surface area contributed by atoms with Crippen molar-refractivity contribution in [3.63, 3.8) is 0 Å². The minimum absolute atomic E-state index is 0.120. The van der Waals surface area contributed by atoms with Gasteiger partial charge in [0.05, 0.1) is 5.92 Å². The number of rotatable bonds is 3. The average molecular weight is 209 g/mol. The van der Waals surface area contributed by atoms with E-state index in [4.69, 9.17) is 5.11 Å². The molecule has 0 amide bonds. The van der Waals surface area contributed by atoms with E-state index in [0.29, 0.717) is 12.1 Å². The summed E-state index contributed by atoms with van der Waals surface area (Å²) in [5, 5.41) is 12.6. The van der Waals surface area contributed by atoms with Crippen LogP contribution in [0.15, 0.2) is 12.2 Å². The standard InChI is InChI=1S/C12H19NO2/c14-12(15)9-4-3-7-11(8-9)13-10-5-1-2-6-10/h1-2,9-11,13H,3-8H2,(H,14,15). The summed E-state index contributed by atoms with van der Waals surface area (Å²) < 4.78 is 0. The molecule has 15 heavy (non-hydrogen) atoms. The zero-order valence-electron chi connectivity index (χ0n) is 8.98. The topological polar surface area (TPSA) is 49.3 Å². The Labute approximate surface area is 90.6 Å². The molecule has 0 aromatic rings. The highest BCUT2D eigenvalue weighted by atomic mass is 16.4. The first-order valence-corrected chi connectivity index (χ1v) is 5.89. The van der Waals surface area contributed by atoms with Crippen LogP contribution in [-0.4, -0.2) is 23.2 Å². The number of nitrogens with one attached hydrogen (secondary N) is 1. The highest BCUT2D eigenvalue weighted by molar-refractivity contribution is 5.70. The van der Waals surface area contributed by atoms with Gasteiger partial charge in [0.2, 0.25) is 0 Å². The van der Waals surface area contributed by atoms with Crippen molar-refractivity contribution in [1.29, 1.82) is 0 Å². The number of carboxylic acid groups (broad SMARTS) is 1. The Hall–Kier alpha value is -0.830. The summed E-state index contributed by atoms with van der Waals surface area (Å²) in [6.07, 6.45) is 10.5. The second kappa shape index (κ2) is 4.79. The molecule has 2 unspecified atom stereocenters. The van der Waals surface area contributed by atoms with Gasteiger partial charge in [0, 0.05) is 12.1 Å². The predicted molar refractivity (Wildman–Crippen MR) is 58.7 cm³/mol. The first kappa shape index (κ1) is 10.7. The fourth-order valence-electron chi connectivity index (χ4n) is 2.65. The third-order valence-electron chi connectivity index (χ3n) is 3.50. The van der Waals surface area contributed by atoms with Crippen molar-refractivity contribution in [2.24, 2.45) is 5.92 Å². The molecule has 0 radical (unpaired) electrons. The van der Waals surface area contributed by atoms with Crippen molar-refractivity contribution < 1.29 is 9.90 Å². The summed E-state index contributed by atoms with van der Waals surface area (Å²) in [6.45, 7) is 0. The Morgan fingerprint density at radius 3 is 2.60 bits per heavy atom. The lowest BCUT2D eigenvalue weighted by atomic mass is 9.85. The molecule has 2 aliphatic carbocycles. The fraction of sp³-hybridized carbons (Fsp3) is 0.750. The highest BCUT2D eigenvalue weighted by Crippen LogP contribution is 2.25. The lowest BCUT2D eigenvalue weighted by molar-refractivity contribution is -0.143. The van der Waals surface area contributed by atoms with Gasteiger partial charge in [-0.05, 0) is 32.1 Å². The Morgan fingerprint density at radius 1 is 1.20 bits per heavy atom. The van der Waals surface area contributed by atoms with Gasteiger partial charge in [0.25, 0.3) is 0 Å². The van der Waals surface area contributed by atoms with Gasteiger partial charge >= 0.3 is 5.97 Å². The summed E-state index contributed by atoms with van der Waals surface area (Å²) in [5.41, 5.74) is 0. The van der Waals surface area contributed by atoms with Crippen LogP contribution < -0.4 is 5.32 Å². The van der Waals surface area contributed by atoms with Crippen LogP contribution in [0.3, 0.4) is 0 Å². The maximum atomic E-state index is 10.9. The fourth-order valence-corrected chi connectivity index (χ4v) is 2.65. The third kappa shape index (κ3) is 2.81. The first-order chi connectivity index (χ1) is 7.25. The first-order valence-electron chi connectivity index (χ1n) is 5.89. The lowest BCUT2D eigenvalue weighted by Crippen LogP contribution is -2.41. The van der Waals surface area contributed by atoms with E-state index in [9.17, 15) is 4.79 Å². The molecule has 0 aliphatic heterocycles.